The van der Waals surface area contributed by atoms with Crippen molar-refractivity contribution in [2.24, 2.45) is 0 Å². The minimum atomic E-state index is -0.0308. The van der Waals surface area contributed by atoms with E-state index < -0.39 is 0 Å². The summed E-state index contributed by atoms with van der Waals surface area (Å²) in [4.78, 5) is 0. The zero-order valence-electron chi connectivity index (χ0n) is 14.1. The fourth-order valence-corrected chi connectivity index (χ4v) is 2.88. The molecule has 6 heteroatoms. The van der Waals surface area contributed by atoms with Gasteiger partial charge in [0.15, 0.2) is 0 Å². The van der Waals surface area contributed by atoms with Crippen molar-refractivity contribution in [1.29, 1.82) is 0 Å². The van der Waals surface area contributed by atoms with E-state index in [1.165, 1.54) is 18.2 Å². The Bertz CT molecular complexity index is 764. The largest absolute Gasteiger partial charge is 0.489 e. The average molecular weight is 410 g/mol. The summed E-state index contributed by atoms with van der Waals surface area (Å²) in [6.45, 7) is 6.43. The second kappa shape index (κ2) is 7.96. The summed E-state index contributed by atoms with van der Waals surface area (Å²) in [5, 5.41) is 11.0. The molecule has 2 rings (SSSR count). The molecule has 0 saturated carbocycles. The minimum Gasteiger partial charge on any atom is -0.489 e. The van der Waals surface area contributed by atoms with Gasteiger partial charge in [0.25, 0.3) is 5.17 Å². The zero-order chi connectivity index (χ0) is 17.9. The molecule has 0 amide bonds. The summed E-state index contributed by atoms with van der Waals surface area (Å²) in [5.41, 5.74) is 4.76. The van der Waals surface area contributed by atoms with E-state index in [4.69, 9.17) is 21.7 Å². The van der Waals surface area contributed by atoms with Gasteiger partial charge in [0.1, 0.15) is 12.4 Å². The highest BCUT2D eigenvalue weighted by atomic mass is 79.9. The first kappa shape index (κ1) is 18.7. The third-order valence-electron chi connectivity index (χ3n) is 3.83. The molecule has 2 aromatic carbocycles. The predicted octanol–water partition coefficient (Wildman–Crippen LogP) is 5.08. The van der Waals surface area contributed by atoms with Crippen LogP contribution in [-0.2, 0) is 11.3 Å². The number of halogens is 1. The highest BCUT2D eigenvalue weighted by Gasteiger charge is 2.17. The number of hydrogen-bond donors (Lipinski definition) is 1. The van der Waals surface area contributed by atoms with Crippen molar-refractivity contribution >= 4 is 39.0 Å². The number of benzene rings is 2. The molecule has 0 aliphatic heterocycles. The van der Waals surface area contributed by atoms with Crippen LogP contribution in [0.5, 0.6) is 5.75 Å². The van der Waals surface area contributed by atoms with Crippen molar-refractivity contribution in [3.63, 3.8) is 0 Å². The highest BCUT2D eigenvalue weighted by molar-refractivity contribution is 9.10. The topological polar surface area (TPSA) is 41.9 Å². The van der Waals surface area contributed by atoms with Crippen molar-refractivity contribution in [2.75, 3.05) is 12.2 Å². The Morgan fingerprint density at radius 1 is 1.17 bits per heavy atom. The van der Waals surface area contributed by atoms with Gasteiger partial charge in [-0.05, 0) is 67.9 Å². The fourth-order valence-electron chi connectivity index (χ4n) is 2.31. The Morgan fingerprint density at radius 2 is 1.83 bits per heavy atom. The van der Waals surface area contributed by atoms with Crippen LogP contribution in [-0.4, -0.2) is 17.5 Å². The quantitative estimate of drug-likeness (QED) is 0.563. The second-order valence-electron chi connectivity index (χ2n) is 5.51. The number of hydrogen-bond acceptors (Lipinski definition) is 4. The lowest BCUT2D eigenvalue weighted by Crippen LogP contribution is -2.27. The predicted molar refractivity (Wildman–Crippen MR) is 103 cm³/mol. The van der Waals surface area contributed by atoms with Gasteiger partial charge in [-0.2, -0.15) is 5.06 Å². The average Bonchev–Trinajstić information content (AvgIpc) is 2.56. The number of anilines is 1. The van der Waals surface area contributed by atoms with Gasteiger partial charge in [-0.1, -0.05) is 28.1 Å². The van der Waals surface area contributed by atoms with E-state index in [2.05, 4.69) is 35.8 Å². The maximum Gasteiger partial charge on any atom is 0.288 e. The number of thiocarbonyl (C=S) groups is 1. The zero-order valence-corrected chi connectivity index (χ0v) is 16.5. The number of nitrogens with zero attached hydrogens (tertiary/aromatic N) is 1. The Kier molecular flexibility index (Phi) is 6.21. The number of ether oxygens (including phenoxy) is 2. The third-order valence-corrected chi connectivity index (χ3v) is 4.92. The normalized spacial score (nSPS) is 10.4. The maximum atomic E-state index is 10.2. The molecule has 0 aliphatic rings. The van der Waals surface area contributed by atoms with E-state index in [1.807, 2.05) is 25.1 Å². The highest BCUT2D eigenvalue weighted by Crippen LogP contribution is 2.30. The molecule has 0 aromatic heterocycles. The lowest BCUT2D eigenvalue weighted by Gasteiger charge is -2.21. The van der Waals surface area contributed by atoms with Gasteiger partial charge in [-0.25, -0.2) is 0 Å². The van der Waals surface area contributed by atoms with Gasteiger partial charge in [0.2, 0.25) is 0 Å². The molecule has 0 aliphatic carbocycles. The third kappa shape index (κ3) is 4.06. The lowest BCUT2D eigenvalue weighted by molar-refractivity contribution is 0.264. The van der Waals surface area contributed by atoms with Crippen LogP contribution in [0.4, 0.5) is 5.69 Å². The van der Waals surface area contributed by atoms with Gasteiger partial charge >= 0.3 is 0 Å². The van der Waals surface area contributed by atoms with E-state index in [9.17, 15) is 5.21 Å². The van der Waals surface area contributed by atoms with E-state index >= 15 is 0 Å². The maximum absolute atomic E-state index is 10.2. The summed E-state index contributed by atoms with van der Waals surface area (Å²) in [7, 11) is 1.41. The number of aryl methyl sites for hydroxylation is 3. The first-order valence-electron chi connectivity index (χ1n) is 7.40. The molecule has 0 saturated heterocycles. The van der Waals surface area contributed by atoms with Gasteiger partial charge in [-0.3, -0.25) is 5.21 Å². The first-order chi connectivity index (χ1) is 11.3. The van der Waals surface area contributed by atoms with Crippen LogP contribution in [0.2, 0.25) is 0 Å². The van der Waals surface area contributed by atoms with Crippen molar-refractivity contribution in [2.45, 2.75) is 27.4 Å². The van der Waals surface area contributed by atoms with E-state index in [0.29, 0.717) is 5.69 Å². The van der Waals surface area contributed by atoms with Crippen molar-refractivity contribution in [3.8, 4) is 5.75 Å². The van der Waals surface area contributed by atoms with E-state index in [1.54, 1.807) is 6.07 Å². The smallest absolute Gasteiger partial charge is 0.288 e. The SMILES string of the molecule is COC(=S)N(O)c1cccc(Br)c1COc1cc(C)c(C)cc1C. The second-order valence-corrected chi connectivity index (χ2v) is 6.71. The lowest BCUT2D eigenvalue weighted by atomic mass is 10.1. The summed E-state index contributed by atoms with van der Waals surface area (Å²) >= 11 is 8.49. The number of hydroxylamine groups is 1. The Labute approximate surface area is 156 Å². The van der Waals surface area contributed by atoms with Crippen molar-refractivity contribution in [1.82, 2.24) is 0 Å². The fraction of sp³-hybridized carbons (Fsp3) is 0.278. The molecule has 0 bridgehead atoms. The summed E-state index contributed by atoms with van der Waals surface area (Å²) in [5.74, 6) is 0.818. The van der Waals surface area contributed by atoms with Crippen LogP contribution < -0.4 is 9.80 Å². The van der Waals surface area contributed by atoms with E-state index in [-0.39, 0.29) is 11.8 Å². The van der Waals surface area contributed by atoms with Crippen LogP contribution in [0.25, 0.3) is 0 Å². The summed E-state index contributed by atoms with van der Waals surface area (Å²) in [6, 6.07) is 9.58. The molecule has 2 aromatic rings. The number of rotatable bonds is 4. The Hall–Kier alpha value is -1.63. The van der Waals surface area contributed by atoms with Gasteiger partial charge in [0.05, 0.1) is 12.8 Å². The number of methoxy groups -OCH3 is 1. The Morgan fingerprint density at radius 3 is 2.50 bits per heavy atom. The van der Waals surface area contributed by atoms with Crippen LogP contribution in [0.15, 0.2) is 34.8 Å². The standard InChI is InChI=1S/C18H20BrNO3S/c1-11-8-13(3)17(9-12(11)2)23-10-14-15(19)6-5-7-16(14)20(21)18(24)22-4/h5-9,21H,10H2,1-4H3. The van der Waals surface area contributed by atoms with Gasteiger partial charge in [0, 0.05) is 10.0 Å². The van der Waals surface area contributed by atoms with Crippen molar-refractivity contribution in [3.05, 3.63) is 57.1 Å². The molecule has 0 atom stereocenters. The minimum absolute atomic E-state index is 0.0308. The summed E-state index contributed by atoms with van der Waals surface area (Å²) < 4.78 is 11.7. The molecule has 4 nitrogen and oxygen atoms in total. The molecule has 24 heavy (non-hydrogen) atoms. The molecule has 0 unspecified atom stereocenters. The summed E-state index contributed by atoms with van der Waals surface area (Å²) in [6.07, 6.45) is 0. The molecular weight excluding hydrogens is 390 g/mol. The van der Waals surface area contributed by atoms with Crippen LogP contribution in [0, 0.1) is 20.8 Å². The Balaban J connectivity index is 2.30. The molecule has 128 valence electrons. The van der Waals surface area contributed by atoms with Gasteiger partial charge < -0.3 is 9.47 Å². The van der Waals surface area contributed by atoms with Crippen molar-refractivity contribution < 1.29 is 14.7 Å². The van der Waals surface area contributed by atoms with E-state index in [0.717, 1.165) is 26.4 Å². The molecule has 0 radical (unpaired) electrons. The molecular formula is C18H20BrNO3S. The monoisotopic (exact) mass is 409 g/mol. The van der Waals surface area contributed by atoms with Crippen LogP contribution in [0.1, 0.15) is 22.3 Å². The molecule has 0 spiro atoms. The van der Waals surface area contributed by atoms with Crippen LogP contribution in [0.3, 0.4) is 0 Å². The molecule has 0 heterocycles. The molecule has 1 N–H and O–H groups in total. The first-order valence-corrected chi connectivity index (χ1v) is 8.60. The van der Waals surface area contributed by atoms with Crippen LogP contribution >= 0.6 is 28.1 Å². The van der Waals surface area contributed by atoms with Gasteiger partial charge in [-0.15, -0.1) is 0 Å². The molecule has 0 fully saturated rings.